The minimum Gasteiger partial charge on any atom is -0.384 e. The molecule has 1 aromatic carbocycles. The smallest absolute Gasteiger partial charge is 0.384 e. The van der Waals surface area contributed by atoms with E-state index in [1.165, 1.54) is 47.4 Å². The molecule has 1 amide bonds. The van der Waals surface area contributed by atoms with Gasteiger partial charge in [-0.05, 0) is 36.4 Å². The van der Waals surface area contributed by atoms with Crippen molar-refractivity contribution in [2.24, 2.45) is 0 Å². The maximum atomic E-state index is 13.8. The summed E-state index contributed by atoms with van der Waals surface area (Å²) in [7, 11) is 0. The molecule has 2 N–H and O–H groups in total. The number of fused-ring (bicyclic) bond motifs is 1. The zero-order valence-corrected chi connectivity index (χ0v) is 15.7. The summed E-state index contributed by atoms with van der Waals surface area (Å²) >= 11 is 0. The Bertz CT molecular complexity index is 1300. The number of pyridine rings is 2. The van der Waals surface area contributed by atoms with Crippen LogP contribution in [0.5, 0.6) is 0 Å². The fourth-order valence-corrected chi connectivity index (χ4v) is 3.08. The second kappa shape index (κ2) is 7.46. The van der Waals surface area contributed by atoms with Crippen molar-refractivity contribution in [1.82, 2.24) is 14.6 Å². The first-order valence-electron chi connectivity index (χ1n) is 8.86. The predicted octanol–water partition coefficient (Wildman–Crippen LogP) is 4.70. The normalized spacial score (nSPS) is 11.3. The van der Waals surface area contributed by atoms with E-state index in [9.17, 15) is 18.0 Å². The van der Waals surface area contributed by atoms with Gasteiger partial charge in [0.15, 0.2) is 5.69 Å². The van der Waals surface area contributed by atoms with E-state index in [-0.39, 0.29) is 21.8 Å². The second-order valence-electron chi connectivity index (χ2n) is 6.51. The zero-order valence-electron chi connectivity index (χ0n) is 15.7. The van der Waals surface area contributed by atoms with Crippen LogP contribution in [0.3, 0.4) is 0 Å². The summed E-state index contributed by atoms with van der Waals surface area (Å²) in [4.78, 5) is 19.8. The maximum Gasteiger partial charge on any atom is 0.491 e. The van der Waals surface area contributed by atoms with E-state index in [4.69, 9.17) is 12.3 Å². The van der Waals surface area contributed by atoms with Gasteiger partial charge in [-0.3, -0.25) is 4.79 Å². The lowest BCUT2D eigenvalue weighted by molar-refractivity contribution is -0.122. The lowest BCUT2D eigenvalue weighted by Gasteiger charge is -2.25. The highest BCUT2D eigenvalue weighted by atomic mass is 19.4. The summed E-state index contributed by atoms with van der Waals surface area (Å²) in [6.45, 7) is 6.93. The quantitative estimate of drug-likeness (QED) is 0.384. The SMILES string of the molecule is [C-]#[N+]c1ccc(N(C(=O)c2ccn3ncc(-c4ccc(N)nc4)c3c2)C(F)(F)F)cc1. The Morgan fingerprint density at radius 3 is 2.45 bits per heavy atom. The fourth-order valence-electron chi connectivity index (χ4n) is 3.08. The Kier molecular flexibility index (Phi) is 4.79. The summed E-state index contributed by atoms with van der Waals surface area (Å²) in [5, 5.41) is 4.17. The first-order chi connectivity index (χ1) is 14.8. The molecule has 0 saturated heterocycles. The summed E-state index contributed by atoms with van der Waals surface area (Å²) in [5.74, 6) is -0.936. The minimum atomic E-state index is -4.97. The summed E-state index contributed by atoms with van der Waals surface area (Å²) < 4.78 is 42.8. The monoisotopic (exact) mass is 422 g/mol. The molecule has 0 aliphatic carbocycles. The van der Waals surface area contributed by atoms with Crippen molar-refractivity contribution in [3.8, 4) is 11.1 Å². The second-order valence-corrected chi connectivity index (χ2v) is 6.51. The highest BCUT2D eigenvalue weighted by Gasteiger charge is 2.42. The largest absolute Gasteiger partial charge is 0.491 e. The summed E-state index contributed by atoms with van der Waals surface area (Å²) in [5.41, 5.74) is 6.87. The van der Waals surface area contributed by atoms with E-state index < -0.39 is 12.2 Å². The molecular weight excluding hydrogens is 409 g/mol. The number of nitrogens with two attached hydrogens (primary N) is 1. The van der Waals surface area contributed by atoms with E-state index in [0.29, 0.717) is 22.5 Å². The molecule has 4 rings (SSSR count). The third-order valence-corrected chi connectivity index (χ3v) is 4.56. The molecule has 3 aromatic heterocycles. The number of benzene rings is 1. The summed E-state index contributed by atoms with van der Waals surface area (Å²) in [6, 6.07) is 10.5. The number of rotatable bonds is 3. The average Bonchev–Trinajstić information content (AvgIpc) is 3.17. The number of hydrogen-bond donors (Lipinski definition) is 1. The van der Waals surface area contributed by atoms with Crippen LogP contribution >= 0.6 is 0 Å². The first-order valence-corrected chi connectivity index (χ1v) is 8.86. The Hall–Kier alpha value is -4.39. The Labute approximate surface area is 174 Å². The predicted molar refractivity (Wildman–Crippen MR) is 108 cm³/mol. The van der Waals surface area contributed by atoms with Crippen molar-refractivity contribution in [2.45, 2.75) is 6.30 Å². The van der Waals surface area contributed by atoms with E-state index >= 15 is 0 Å². The lowest BCUT2D eigenvalue weighted by Crippen LogP contribution is -2.43. The number of aromatic nitrogens is 3. The van der Waals surface area contributed by atoms with E-state index in [1.807, 2.05) is 0 Å². The number of halogens is 3. The van der Waals surface area contributed by atoms with E-state index in [0.717, 1.165) is 12.1 Å². The van der Waals surface area contributed by atoms with Gasteiger partial charge in [-0.1, -0.05) is 12.1 Å². The van der Waals surface area contributed by atoms with E-state index in [2.05, 4.69) is 14.9 Å². The molecule has 0 fully saturated rings. The zero-order chi connectivity index (χ0) is 22.2. The highest BCUT2D eigenvalue weighted by molar-refractivity contribution is 6.07. The molecular formula is C21H13F3N6O. The molecule has 0 aliphatic heterocycles. The first kappa shape index (κ1) is 19.9. The van der Waals surface area contributed by atoms with Gasteiger partial charge in [-0.2, -0.15) is 5.10 Å². The van der Waals surface area contributed by atoms with Gasteiger partial charge in [-0.15, -0.1) is 13.2 Å². The van der Waals surface area contributed by atoms with Crippen LogP contribution in [0.1, 0.15) is 10.4 Å². The van der Waals surface area contributed by atoms with Crippen LogP contribution in [0.25, 0.3) is 21.5 Å². The summed E-state index contributed by atoms with van der Waals surface area (Å²) in [6.07, 6.45) is -0.511. The number of anilines is 2. The molecule has 31 heavy (non-hydrogen) atoms. The van der Waals surface area contributed by atoms with Crippen LogP contribution in [0.15, 0.2) is 67.1 Å². The van der Waals surface area contributed by atoms with Crippen LogP contribution in [0.2, 0.25) is 0 Å². The molecule has 0 atom stereocenters. The van der Waals surface area contributed by atoms with Gasteiger partial charge in [-0.25, -0.2) is 19.2 Å². The molecule has 0 radical (unpaired) electrons. The van der Waals surface area contributed by atoms with Gasteiger partial charge < -0.3 is 5.73 Å². The molecule has 10 heteroatoms. The average molecular weight is 422 g/mol. The number of carbonyl (C=O) groups is 1. The number of carbonyl (C=O) groups excluding carboxylic acids is 1. The molecule has 4 aromatic rings. The Morgan fingerprint density at radius 2 is 1.84 bits per heavy atom. The fraction of sp³-hybridized carbons (Fsp3) is 0.0476. The Balaban J connectivity index is 1.78. The number of nitrogen functional groups attached to an aromatic ring is 1. The minimum absolute atomic E-state index is 0.167. The molecule has 0 saturated carbocycles. The molecule has 0 unspecified atom stereocenters. The molecule has 0 spiro atoms. The molecule has 154 valence electrons. The third kappa shape index (κ3) is 3.76. The van der Waals surface area contributed by atoms with Crippen LogP contribution in [-0.4, -0.2) is 26.8 Å². The number of nitrogens with zero attached hydrogens (tertiary/aromatic N) is 5. The van der Waals surface area contributed by atoms with Gasteiger partial charge >= 0.3 is 6.30 Å². The number of alkyl halides is 3. The van der Waals surface area contributed by atoms with Crippen molar-refractivity contribution in [3.05, 3.63) is 84.1 Å². The topological polar surface area (TPSA) is 80.9 Å². The van der Waals surface area contributed by atoms with Crippen LogP contribution in [0.4, 0.5) is 30.4 Å². The van der Waals surface area contributed by atoms with E-state index in [1.54, 1.807) is 12.1 Å². The lowest BCUT2D eigenvalue weighted by atomic mass is 10.1. The number of amides is 1. The highest BCUT2D eigenvalue weighted by Crippen LogP contribution is 2.32. The maximum absolute atomic E-state index is 13.8. The van der Waals surface area contributed by atoms with Crippen molar-refractivity contribution >= 4 is 28.6 Å². The Morgan fingerprint density at radius 1 is 1.10 bits per heavy atom. The third-order valence-electron chi connectivity index (χ3n) is 4.56. The van der Waals surface area contributed by atoms with Crippen LogP contribution in [-0.2, 0) is 0 Å². The van der Waals surface area contributed by atoms with Crippen molar-refractivity contribution < 1.29 is 18.0 Å². The van der Waals surface area contributed by atoms with Gasteiger partial charge in [0, 0.05) is 29.1 Å². The standard InChI is InChI=1S/C21H13F3N6O/c1-26-15-3-5-16(6-4-15)30(21(22,23)24)20(31)13-8-9-29-18(10-13)17(12-28-29)14-2-7-19(25)27-11-14/h2-12H,(H2,25,27). The van der Waals surface area contributed by atoms with Gasteiger partial charge in [0.2, 0.25) is 0 Å². The molecule has 3 heterocycles. The van der Waals surface area contributed by atoms with Gasteiger partial charge in [0.05, 0.1) is 24.0 Å². The van der Waals surface area contributed by atoms with Crippen LogP contribution < -0.4 is 10.6 Å². The van der Waals surface area contributed by atoms with Gasteiger partial charge in [0.1, 0.15) is 5.82 Å². The molecule has 7 nitrogen and oxygen atoms in total. The molecule has 0 aliphatic rings. The van der Waals surface area contributed by atoms with Crippen molar-refractivity contribution in [3.63, 3.8) is 0 Å². The van der Waals surface area contributed by atoms with Gasteiger partial charge in [0.25, 0.3) is 5.91 Å². The van der Waals surface area contributed by atoms with Crippen molar-refractivity contribution in [1.29, 1.82) is 0 Å². The number of hydrogen-bond acceptors (Lipinski definition) is 4. The van der Waals surface area contributed by atoms with Crippen LogP contribution in [0, 0.1) is 6.57 Å². The molecule has 0 bridgehead atoms. The van der Waals surface area contributed by atoms with Crippen molar-refractivity contribution in [2.75, 3.05) is 10.6 Å².